The van der Waals surface area contributed by atoms with Crippen LogP contribution >= 0.6 is 0 Å². The van der Waals surface area contributed by atoms with E-state index in [0.29, 0.717) is 0 Å². The predicted octanol–water partition coefficient (Wildman–Crippen LogP) is 2.42. The lowest BCUT2D eigenvalue weighted by Gasteiger charge is -2.07. The first-order valence-electron chi connectivity index (χ1n) is 5.07. The maximum atomic E-state index is 5.44. The lowest BCUT2D eigenvalue weighted by atomic mass is 10.0. The Morgan fingerprint density at radius 1 is 1.50 bits per heavy atom. The van der Waals surface area contributed by atoms with Gasteiger partial charge in [-0.05, 0) is 31.5 Å². The van der Waals surface area contributed by atoms with Gasteiger partial charge in [-0.25, -0.2) is 0 Å². The number of rotatable bonds is 4. The van der Waals surface area contributed by atoms with Crippen molar-refractivity contribution in [3.63, 3.8) is 0 Å². The SMILES string of the molecule is CCOc1cccc(CC2(C)CO2)c1. The van der Waals surface area contributed by atoms with Crippen LogP contribution in [0.3, 0.4) is 0 Å². The molecule has 1 fully saturated rings. The highest BCUT2D eigenvalue weighted by Crippen LogP contribution is 2.31. The van der Waals surface area contributed by atoms with Gasteiger partial charge in [-0.1, -0.05) is 12.1 Å². The first-order chi connectivity index (χ1) is 6.72. The number of benzene rings is 1. The van der Waals surface area contributed by atoms with Gasteiger partial charge in [0.1, 0.15) is 5.75 Å². The summed E-state index contributed by atoms with van der Waals surface area (Å²) >= 11 is 0. The number of hydrogen-bond donors (Lipinski definition) is 0. The molecule has 0 amide bonds. The van der Waals surface area contributed by atoms with Crippen LogP contribution in [0.15, 0.2) is 24.3 Å². The molecule has 0 radical (unpaired) electrons. The fraction of sp³-hybridized carbons (Fsp3) is 0.500. The quantitative estimate of drug-likeness (QED) is 0.683. The van der Waals surface area contributed by atoms with Crippen molar-refractivity contribution < 1.29 is 9.47 Å². The standard InChI is InChI=1S/C12H16O2/c1-3-13-11-6-4-5-10(7-11)8-12(2)9-14-12/h4-7H,3,8-9H2,1-2H3. The van der Waals surface area contributed by atoms with Crippen molar-refractivity contribution in [1.29, 1.82) is 0 Å². The molecule has 76 valence electrons. The Hall–Kier alpha value is -1.02. The van der Waals surface area contributed by atoms with Crippen molar-refractivity contribution >= 4 is 0 Å². The van der Waals surface area contributed by atoms with Crippen molar-refractivity contribution in [3.05, 3.63) is 29.8 Å². The second-order valence-electron chi connectivity index (χ2n) is 4.00. The van der Waals surface area contributed by atoms with Crippen LogP contribution in [0.1, 0.15) is 19.4 Å². The van der Waals surface area contributed by atoms with Gasteiger partial charge in [-0.15, -0.1) is 0 Å². The molecule has 0 aliphatic carbocycles. The molecule has 1 aliphatic heterocycles. The van der Waals surface area contributed by atoms with Crippen LogP contribution in [0.5, 0.6) is 5.75 Å². The third-order valence-electron chi connectivity index (χ3n) is 2.42. The van der Waals surface area contributed by atoms with Crippen molar-refractivity contribution in [1.82, 2.24) is 0 Å². The molecule has 0 N–H and O–H groups in total. The summed E-state index contributed by atoms with van der Waals surface area (Å²) in [5.74, 6) is 0.953. The monoisotopic (exact) mass is 192 g/mol. The molecule has 14 heavy (non-hydrogen) atoms. The summed E-state index contributed by atoms with van der Waals surface area (Å²) in [6.07, 6.45) is 0.980. The molecule has 2 nitrogen and oxygen atoms in total. The number of hydrogen-bond acceptors (Lipinski definition) is 2. The highest BCUT2D eigenvalue weighted by Gasteiger charge is 2.38. The predicted molar refractivity (Wildman–Crippen MR) is 55.7 cm³/mol. The van der Waals surface area contributed by atoms with Gasteiger partial charge in [0.05, 0.1) is 18.8 Å². The van der Waals surface area contributed by atoms with Gasteiger partial charge in [0.2, 0.25) is 0 Å². The zero-order valence-electron chi connectivity index (χ0n) is 8.75. The first-order valence-corrected chi connectivity index (χ1v) is 5.07. The van der Waals surface area contributed by atoms with Crippen LogP contribution in [0.25, 0.3) is 0 Å². The van der Waals surface area contributed by atoms with E-state index >= 15 is 0 Å². The van der Waals surface area contributed by atoms with E-state index in [4.69, 9.17) is 9.47 Å². The van der Waals surface area contributed by atoms with Gasteiger partial charge in [0.25, 0.3) is 0 Å². The highest BCUT2D eigenvalue weighted by atomic mass is 16.6. The second kappa shape index (κ2) is 3.62. The maximum Gasteiger partial charge on any atom is 0.119 e. The molecule has 2 heteroatoms. The molecule has 0 spiro atoms. The Morgan fingerprint density at radius 2 is 2.29 bits per heavy atom. The Morgan fingerprint density at radius 3 is 2.93 bits per heavy atom. The van der Waals surface area contributed by atoms with Crippen LogP contribution in [-0.2, 0) is 11.2 Å². The van der Waals surface area contributed by atoms with Crippen LogP contribution in [0.4, 0.5) is 0 Å². The topological polar surface area (TPSA) is 21.8 Å². The van der Waals surface area contributed by atoms with Crippen LogP contribution in [-0.4, -0.2) is 18.8 Å². The summed E-state index contributed by atoms with van der Waals surface area (Å²) in [4.78, 5) is 0. The van der Waals surface area contributed by atoms with Gasteiger partial charge in [0, 0.05) is 6.42 Å². The zero-order chi connectivity index (χ0) is 10.0. The van der Waals surface area contributed by atoms with Crippen molar-refractivity contribution in [2.45, 2.75) is 25.9 Å². The number of ether oxygens (including phenoxy) is 2. The summed E-state index contributed by atoms with van der Waals surface area (Å²) in [6.45, 7) is 5.74. The molecule has 0 bridgehead atoms. The molecule has 1 aromatic carbocycles. The van der Waals surface area contributed by atoms with Gasteiger partial charge >= 0.3 is 0 Å². The van der Waals surface area contributed by atoms with Crippen molar-refractivity contribution in [3.8, 4) is 5.75 Å². The third-order valence-corrected chi connectivity index (χ3v) is 2.42. The lowest BCUT2D eigenvalue weighted by Crippen LogP contribution is -2.08. The Labute approximate surface area is 84.8 Å². The molecule has 2 rings (SSSR count). The van der Waals surface area contributed by atoms with Crippen LogP contribution in [0.2, 0.25) is 0 Å². The fourth-order valence-corrected chi connectivity index (χ4v) is 1.57. The van der Waals surface area contributed by atoms with Crippen molar-refractivity contribution in [2.24, 2.45) is 0 Å². The Bertz CT molecular complexity index is 316. The van der Waals surface area contributed by atoms with Gasteiger partial charge in [0.15, 0.2) is 0 Å². The molecule has 0 aromatic heterocycles. The fourth-order valence-electron chi connectivity index (χ4n) is 1.57. The van der Waals surface area contributed by atoms with E-state index in [-0.39, 0.29) is 5.60 Å². The van der Waals surface area contributed by atoms with E-state index in [1.807, 2.05) is 19.1 Å². The van der Waals surface area contributed by atoms with E-state index in [0.717, 1.165) is 25.4 Å². The largest absolute Gasteiger partial charge is 0.494 e. The average Bonchev–Trinajstić information content (AvgIpc) is 2.84. The zero-order valence-corrected chi connectivity index (χ0v) is 8.75. The Balaban J connectivity index is 2.06. The van der Waals surface area contributed by atoms with E-state index < -0.39 is 0 Å². The van der Waals surface area contributed by atoms with E-state index in [1.54, 1.807) is 0 Å². The van der Waals surface area contributed by atoms with Gasteiger partial charge < -0.3 is 9.47 Å². The highest BCUT2D eigenvalue weighted by molar-refractivity contribution is 5.30. The Kier molecular flexibility index (Phi) is 2.46. The first kappa shape index (κ1) is 9.53. The number of epoxide rings is 1. The summed E-state index contributed by atoms with van der Waals surface area (Å²) in [6, 6.07) is 8.24. The molecule has 1 heterocycles. The molecule has 1 saturated heterocycles. The minimum atomic E-state index is 0.0881. The summed E-state index contributed by atoms with van der Waals surface area (Å²) in [5.41, 5.74) is 1.38. The second-order valence-corrected chi connectivity index (χ2v) is 4.00. The molecular weight excluding hydrogens is 176 g/mol. The molecule has 1 aromatic rings. The maximum absolute atomic E-state index is 5.44. The molecule has 1 aliphatic rings. The van der Waals surface area contributed by atoms with Crippen molar-refractivity contribution in [2.75, 3.05) is 13.2 Å². The molecular formula is C12H16O2. The lowest BCUT2D eigenvalue weighted by molar-refractivity contribution is 0.320. The average molecular weight is 192 g/mol. The smallest absolute Gasteiger partial charge is 0.119 e. The molecule has 1 atom stereocenters. The molecule has 0 saturated carbocycles. The van der Waals surface area contributed by atoms with Gasteiger partial charge in [-0.3, -0.25) is 0 Å². The normalized spacial score (nSPS) is 24.7. The third kappa shape index (κ3) is 2.26. The van der Waals surface area contributed by atoms with E-state index in [1.165, 1.54) is 5.56 Å². The minimum absolute atomic E-state index is 0.0881. The van der Waals surface area contributed by atoms with Gasteiger partial charge in [-0.2, -0.15) is 0 Å². The molecule has 1 unspecified atom stereocenters. The van der Waals surface area contributed by atoms with E-state index in [2.05, 4.69) is 19.1 Å². The summed E-state index contributed by atoms with van der Waals surface area (Å²) in [5, 5.41) is 0. The summed E-state index contributed by atoms with van der Waals surface area (Å²) in [7, 11) is 0. The van der Waals surface area contributed by atoms with Crippen LogP contribution in [0, 0.1) is 0 Å². The van der Waals surface area contributed by atoms with E-state index in [9.17, 15) is 0 Å². The minimum Gasteiger partial charge on any atom is -0.494 e. The summed E-state index contributed by atoms with van der Waals surface area (Å²) < 4.78 is 10.8. The van der Waals surface area contributed by atoms with Crippen LogP contribution < -0.4 is 4.74 Å².